The molecule has 0 radical (unpaired) electrons. The molecule has 0 saturated heterocycles. The third-order valence-electron chi connectivity index (χ3n) is 1.43. The highest BCUT2D eigenvalue weighted by Crippen LogP contribution is 2.11. The molecule has 0 saturated carbocycles. The molecule has 0 spiro atoms. The average Bonchev–Trinajstić information content (AvgIpc) is 2.56. The molecule has 0 fully saturated rings. The molecule has 0 aliphatic carbocycles. The second kappa shape index (κ2) is 3.60. The zero-order valence-corrected chi connectivity index (χ0v) is 7.78. The van der Waals surface area contributed by atoms with Crippen LogP contribution in [-0.4, -0.2) is 31.5 Å². The van der Waals surface area contributed by atoms with Crippen molar-refractivity contribution in [3.63, 3.8) is 0 Å². The molecule has 0 aliphatic rings. The first-order valence-electron chi connectivity index (χ1n) is 3.38. The van der Waals surface area contributed by atoms with Crippen LogP contribution >= 0.6 is 0 Å². The van der Waals surface area contributed by atoms with E-state index in [0.717, 1.165) is 16.8 Å². The van der Waals surface area contributed by atoms with Gasteiger partial charge in [-0.25, -0.2) is 8.42 Å². The summed E-state index contributed by atoms with van der Waals surface area (Å²) in [6.07, 6.45) is 7.17. The van der Waals surface area contributed by atoms with Gasteiger partial charge in [0.05, 0.1) is 12.7 Å². The molecule has 1 aromatic rings. The van der Waals surface area contributed by atoms with E-state index in [2.05, 4.69) is 15.6 Å². The molecule has 1 rings (SSSR count). The van der Waals surface area contributed by atoms with Gasteiger partial charge in [0.15, 0.2) is 0 Å². The number of nitrogens with zero attached hydrogens (tertiary/aromatic N) is 2. The van der Waals surface area contributed by atoms with Gasteiger partial charge in [-0.2, -0.15) is 4.31 Å². The number of hydrogen-bond acceptors (Lipinski definition) is 4. The molecule has 13 heavy (non-hydrogen) atoms. The van der Waals surface area contributed by atoms with Gasteiger partial charge < -0.3 is 4.52 Å². The van der Waals surface area contributed by atoms with Gasteiger partial charge >= 0.3 is 0 Å². The Kier molecular flexibility index (Phi) is 2.70. The lowest BCUT2D eigenvalue weighted by Crippen LogP contribution is -2.26. The van der Waals surface area contributed by atoms with Gasteiger partial charge in [0.1, 0.15) is 11.2 Å². The monoisotopic (exact) mass is 200 g/mol. The molecular formula is C7H8N2O3S. The molecule has 0 atom stereocenters. The van der Waals surface area contributed by atoms with Crippen molar-refractivity contribution in [2.75, 3.05) is 13.6 Å². The minimum atomic E-state index is -3.52. The summed E-state index contributed by atoms with van der Waals surface area (Å²) in [7, 11) is -2.13. The van der Waals surface area contributed by atoms with Gasteiger partial charge in [0.2, 0.25) is 10.0 Å². The zero-order valence-electron chi connectivity index (χ0n) is 6.97. The Hall–Kier alpha value is -1.32. The topological polar surface area (TPSA) is 63.4 Å². The molecule has 1 aromatic heterocycles. The first-order valence-corrected chi connectivity index (χ1v) is 4.82. The summed E-state index contributed by atoms with van der Waals surface area (Å²) in [4.78, 5) is 0.00486. The van der Waals surface area contributed by atoms with Crippen LogP contribution in [-0.2, 0) is 10.0 Å². The maximum atomic E-state index is 11.5. The van der Waals surface area contributed by atoms with E-state index in [1.165, 1.54) is 7.05 Å². The van der Waals surface area contributed by atoms with Crippen LogP contribution in [0.15, 0.2) is 21.9 Å². The summed E-state index contributed by atoms with van der Waals surface area (Å²) in [5.74, 6) is 2.23. The van der Waals surface area contributed by atoms with E-state index >= 15 is 0 Å². The van der Waals surface area contributed by atoms with Gasteiger partial charge in [-0.1, -0.05) is 11.1 Å². The number of terminal acetylenes is 1. The fourth-order valence-electron chi connectivity index (χ4n) is 0.716. The number of sulfonamides is 1. The SMILES string of the molecule is C#CCN(C)S(=O)(=O)c1cnoc1. The fourth-order valence-corrected chi connectivity index (χ4v) is 1.66. The van der Waals surface area contributed by atoms with Crippen LogP contribution in [0.4, 0.5) is 0 Å². The van der Waals surface area contributed by atoms with Gasteiger partial charge in [0, 0.05) is 7.05 Å². The fraction of sp³-hybridized carbons (Fsp3) is 0.286. The zero-order chi connectivity index (χ0) is 9.90. The van der Waals surface area contributed by atoms with Crippen LogP contribution in [0.1, 0.15) is 0 Å². The Labute approximate surface area is 76.4 Å². The Bertz CT molecular complexity index is 401. The van der Waals surface area contributed by atoms with E-state index in [1.54, 1.807) is 0 Å². The van der Waals surface area contributed by atoms with Crippen LogP contribution in [0, 0.1) is 12.3 Å². The summed E-state index contributed by atoms with van der Waals surface area (Å²) in [6.45, 7) is 0.0213. The molecule has 70 valence electrons. The maximum Gasteiger partial charge on any atom is 0.248 e. The van der Waals surface area contributed by atoms with E-state index in [-0.39, 0.29) is 11.4 Å². The van der Waals surface area contributed by atoms with Crippen molar-refractivity contribution in [2.45, 2.75) is 4.90 Å². The number of hydrogen-bond donors (Lipinski definition) is 0. The Morgan fingerprint density at radius 3 is 2.92 bits per heavy atom. The van der Waals surface area contributed by atoms with E-state index in [9.17, 15) is 8.42 Å². The number of rotatable bonds is 3. The summed E-state index contributed by atoms with van der Waals surface area (Å²) in [5.41, 5.74) is 0. The van der Waals surface area contributed by atoms with Crippen molar-refractivity contribution < 1.29 is 12.9 Å². The normalized spacial score (nSPS) is 11.5. The molecular weight excluding hydrogens is 192 g/mol. The summed E-state index contributed by atoms with van der Waals surface area (Å²) >= 11 is 0. The lowest BCUT2D eigenvalue weighted by atomic mass is 10.7. The third kappa shape index (κ3) is 1.88. The molecule has 6 heteroatoms. The Morgan fingerprint density at radius 1 is 1.77 bits per heavy atom. The van der Waals surface area contributed by atoms with Crippen molar-refractivity contribution in [3.8, 4) is 12.3 Å². The van der Waals surface area contributed by atoms with Crippen LogP contribution in [0.25, 0.3) is 0 Å². The summed E-state index contributed by atoms with van der Waals surface area (Å²) in [5, 5.41) is 3.30. The van der Waals surface area contributed by atoms with Crippen molar-refractivity contribution in [3.05, 3.63) is 12.5 Å². The summed E-state index contributed by atoms with van der Waals surface area (Å²) < 4.78 is 28.5. The van der Waals surface area contributed by atoms with E-state index in [4.69, 9.17) is 6.42 Å². The highest BCUT2D eigenvalue weighted by atomic mass is 32.2. The number of aromatic nitrogens is 1. The van der Waals surface area contributed by atoms with E-state index in [1.807, 2.05) is 0 Å². The predicted molar refractivity (Wildman–Crippen MR) is 45.2 cm³/mol. The lowest BCUT2D eigenvalue weighted by Gasteiger charge is -2.11. The van der Waals surface area contributed by atoms with Crippen molar-refractivity contribution >= 4 is 10.0 Å². The molecule has 5 nitrogen and oxygen atoms in total. The highest BCUT2D eigenvalue weighted by Gasteiger charge is 2.21. The second-order valence-corrected chi connectivity index (χ2v) is 4.37. The molecule has 0 aromatic carbocycles. The average molecular weight is 200 g/mol. The quantitative estimate of drug-likeness (QED) is 0.641. The van der Waals surface area contributed by atoms with Gasteiger partial charge in [-0.3, -0.25) is 0 Å². The van der Waals surface area contributed by atoms with Crippen molar-refractivity contribution in [1.82, 2.24) is 9.46 Å². The molecule has 0 bridgehead atoms. The second-order valence-electron chi connectivity index (χ2n) is 2.33. The minimum Gasteiger partial charge on any atom is -0.363 e. The molecule has 0 unspecified atom stereocenters. The molecule has 0 amide bonds. The van der Waals surface area contributed by atoms with Gasteiger partial charge in [0.25, 0.3) is 0 Å². The first kappa shape index (κ1) is 9.77. The standard InChI is InChI=1S/C7H8N2O3S/c1-3-4-9(2)13(10,11)7-5-8-12-6-7/h1,5-6H,4H2,2H3. The smallest absolute Gasteiger partial charge is 0.248 e. The van der Waals surface area contributed by atoms with Crippen LogP contribution in [0.2, 0.25) is 0 Å². The molecule has 0 N–H and O–H groups in total. The van der Waals surface area contributed by atoms with Gasteiger partial charge in [-0.15, -0.1) is 6.42 Å². The van der Waals surface area contributed by atoms with E-state index < -0.39 is 10.0 Å². The largest absolute Gasteiger partial charge is 0.363 e. The highest BCUT2D eigenvalue weighted by molar-refractivity contribution is 7.89. The van der Waals surface area contributed by atoms with Crippen LogP contribution in [0.5, 0.6) is 0 Å². The Morgan fingerprint density at radius 2 is 2.46 bits per heavy atom. The van der Waals surface area contributed by atoms with Crippen molar-refractivity contribution in [2.24, 2.45) is 0 Å². The van der Waals surface area contributed by atoms with Gasteiger partial charge in [-0.05, 0) is 0 Å². The first-order chi connectivity index (χ1) is 6.09. The maximum absolute atomic E-state index is 11.5. The molecule has 0 aliphatic heterocycles. The van der Waals surface area contributed by atoms with Crippen LogP contribution in [0.3, 0.4) is 0 Å². The van der Waals surface area contributed by atoms with Crippen LogP contribution < -0.4 is 0 Å². The van der Waals surface area contributed by atoms with E-state index in [0.29, 0.717) is 0 Å². The minimum absolute atomic E-state index is 0.00486. The lowest BCUT2D eigenvalue weighted by molar-refractivity contribution is 0.417. The molecule has 1 heterocycles. The van der Waals surface area contributed by atoms with Crippen molar-refractivity contribution in [1.29, 1.82) is 0 Å². The Balaban J connectivity index is 2.98. The third-order valence-corrected chi connectivity index (χ3v) is 3.18. The predicted octanol–water partition coefficient (Wildman–Crippen LogP) is -0.0717. The summed E-state index contributed by atoms with van der Waals surface area (Å²) in [6, 6.07) is 0.